The number of fused-ring (bicyclic) bond motifs is 1. The van der Waals surface area contributed by atoms with Crippen LogP contribution in [0.4, 0.5) is 11.5 Å². The molecule has 4 nitrogen and oxygen atoms in total. The van der Waals surface area contributed by atoms with Crippen LogP contribution in [-0.4, -0.2) is 30.8 Å². The molecule has 0 saturated heterocycles. The first-order valence-corrected chi connectivity index (χ1v) is 5.84. The number of aromatic nitrogens is 2. The molecule has 1 aromatic carbocycles. The first kappa shape index (κ1) is 10.2. The van der Waals surface area contributed by atoms with Crippen LogP contribution in [0.25, 0.3) is 11.3 Å². The maximum absolute atomic E-state index is 4.30. The van der Waals surface area contributed by atoms with Gasteiger partial charge in [0.2, 0.25) is 0 Å². The molecule has 17 heavy (non-hydrogen) atoms. The molecule has 0 radical (unpaired) electrons. The lowest BCUT2D eigenvalue weighted by Crippen LogP contribution is -2.08. The van der Waals surface area contributed by atoms with E-state index in [-0.39, 0.29) is 0 Å². The molecule has 2 aromatic rings. The van der Waals surface area contributed by atoms with Gasteiger partial charge >= 0.3 is 0 Å². The molecule has 1 aliphatic rings. The molecule has 0 spiro atoms. The number of hydrogen-bond donors (Lipinski definition) is 2. The van der Waals surface area contributed by atoms with Crippen molar-refractivity contribution in [1.29, 1.82) is 0 Å². The quantitative estimate of drug-likeness (QED) is 0.827. The van der Waals surface area contributed by atoms with E-state index in [1.165, 1.54) is 16.8 Å². The largest absolute Gasteiger partial charge is 0.378 e. The third-order valence-corrected chi connectivity index (χ3v) is 3.19. The summed E-state index contributed by atoms with van der Waals surface area (Å²) < 4.78 is 0. The summed E-state index contributed by atoms with van der Waals surface area (Å²) in [5, 5.41) is 10.7. The number of nitrogens with zero attached hydrogens (tertiary/aromatic N) is 2. The van der Waals surface area contributed by atoms with Gasteiger partial charge in [-0.1, -0.05) is 12.1 Å². The minimum Gasteiger partial charge on any atom is -0.378 e. The van der Waals surface area contributed by atoms with Gasteiger partial charge in [0, 0.05) is 37.5 Å². The molecular weight excluding hydrogens is 212 g/mol. The summed E-state index contributed by atoms with van der Waals surface area (Å²) in [6, 6.07) is 8.50. The number of nitrogens with one attached hydrogen (secondary N) is 2. The van der Waals surface area contributed by atoms with Gasteiger partial charge < -0.3 is 10.2 Å². The Labute approximate surface area is 101 Å². The van der Waals surface area contributed by atoms with Crippen molar-refractivity contribution in [1.82, 2.24) is 10.2 Å². The molecule has 0 saturated carbocycles. The normalized spacial score (nSPS) is 13.3. The predicted molar refractivity (Wildman–Crippen MR) is 70.5 cm³/mol. The Morgan fingerprint density at radius 1 is 1.29 bits per heavy atom. The predicted octanol–water partition coefficient (Wildman–Crippen LogP) is 2.11. The van der Waals surface area contributed by atoms with E-state index in [4.69, 9.17) is 0 Å². The van der Waals surface area contributed by atoms with Crippen LogP contribution in [-0.2, 0) is 6.42 Å². The van der Waals surface area contributed by atoms with Crippen molar-refractivity contribution in [3.8, 4) is 11.3 Å². The van der Waals surface area contributed by atoms with Gasteiger partial charge in [-0.3, -0.25) is 5.10 Å². The molecular formula is C13H16N4. The summed E-state index contributed by atoms with van der Waals surface area (Å²) in [6.07, 6.45) is 1.05. The lowest BCUT2D eigenvalue weighted by molar-refractivity contribution is 1.04. The highest BCUT2D eigenvalue weighted by Gasteiger charge is 2.19. The molecule has 1 aliphatic heterocycles. The molecule has 0 atom stereocenters. The van der Waals surface area contributed by atoms with Gasteiger partial charge in [0.15, 0.2) is 5.82 Å². The highest BCUT2D eigenvalue weighted by molar-refractivity contribution is 5.73. The minimum atomic E-state index is 0.993. The summed E-state index contributed by atoms with van der Waals surface area (Å²) in [4.78, 5) is 2.11. The van der Waals surface area contributed by atoms with Crippen LogP contribution in [0.2, 0.25) is 0 Å². The van der Waals surface area contributed by atoms with E-state index in [2.05, 4.69) is 58.8 Å². The van der Waals surface area contributed by atoms with Gasteiger partial charge in [0.1, 0.15) is 0 Å². The highest BCUT2D eigenvalue weighted by Crippen LogP contribution is 2.31. The van der Waals surface area contributed by atoms with Gasteiger partial charge in [-0.25, -0.2) is 0 Å². The Hall–Kier alpha value is -1.97. The second kappa shape index (κ2) is 3.80. The van der Waals surface area contributed by atoms with Gasteiger partial charge in [0.25, 0.3) is 0 Å². The van der Waals surface area contributed by atoms with E-state index in [9.17, 15) is 0 Å². The zero-order chi connectivity index (χ0) is 11.8. The fourth-order valence-corrected chi connectivity index (χ4v) is 2.24. The van der Waals surface area contributed by atoms with Crippen molar-refractivity contribution in [2.45, 2.75) is 6.42 Å². The molecule has 0 bridgehead atoms. The molecule has 0 amide bonds. The van der Waals surface area contributed by atoms with Crippen LogP contribution in [0, 0.1) is 0 Å². The number of rotatable bonds is 2. The van der Waals surface area contributed by atoms with E-state index in [1.807, 2.05) is 0 Å². The van der Waals surface area contributed by atoms with Crippen molar-refractivity contribution in [3.05, 3.63) is 29.8 Å². The van der Waals surface area contributed by atoms with E-state index in [0.717, 1.165) is 24.5 Å². The van der Waals surface area contributed by atoms with Crippen molar-refractivity contribution in [2.75, 3.05) is 30.9 Å². The van der Waals surface area contributed by atoms with Crippen molar-refractivity contribution < 1.29 is 0 Å². The SMILES string of the molecule is CN(C)c1cccc(-c2[nH]nc3c2CCN3)c1. The standard InChI is InChI=1S/C13H16N4/c1-17(2)10-5-3-4-9(8-10)12-11-6-7-14-13(11)16-15-12/h3-5,8H,6-7H2,1-2H3,(H2,14,15,16). The second-order valence-electron chi connectivity index (χ2n) is 4.55. The summed E-state index contributed by atoms with van der Waals surface area (Å²) in [5.74, 6) is 1.01. The number of anilines is 2. The maximum Gasteiger partial charge on any atom is 0.151 e. The maximum atomic E-state index is 4.30. The number of hydrogen-bond acceptors (Lipinski definition) is 3. The molecule has 0 unspecified atom stereocenters. The Kier molecular flexibility index (Phi) is 2.28. The smallest absolute Gasteiger partial charge is 0.151 e. The summed E-state index contributed by atoms with van der Waals surface area (Å²) in [5.41, 5.74) is 4.86. The number of H-pyrrole nitrogens is 1. The third kappa shape index (κ3) is 1.65. The molecule has 2 N–H and O–H groups in total. The Morgan fingerprint density at radius 2 is 2.18 bits per heavy atom. The number of aromatic amines is 1. The van der Waals surface area contributed by atoms with E-state index < -0.39 is 0 Å². The monoisotopic (exact) mass is 228 g/mol. The first-order chi connectivity index (χ1) is 8.25. The highest BCUT2D eigenvalue weighted by atomic mass is 15.2. The molecule has 0 aliphatic carbocycles. The summed E-state index contributed by atoms with van der Waals surface area (Å²) in [6.45, 7) is 0.993. The van der Waals surface area contributed by atoms with E-state index in [1.54, 1.807) is 0 Å². The first-order valence-electron chi connectivity index (χ1n) is 5.84. The second-order valence-corrected chi connectivity index (χ2v) is 4.55. The Balaban J connectivity index is 2.06. The average Bonchev–Trinajstić information content (AvgIpc) is 2.90. The zero-order valence-electron chi connectivity index (χ0n) is 10.1. The van der Waals surface area contributed by atoms with Crippen LogP contribution in [0.1, 0.15) is 5.56 Å². The van der Waals surface area contributed by atoms with Gasteiger partial charge in [-0.15, -0.1) is 0 Å². The summed E-state index contributed by atoms with van der Waals surface area (Å²) in [7, 11) is 4.11. The average molecular weight is 228 g/mol. The minimum absolute atomic E-state index is 0.993. The molecule has 3 rings (SSSR count). The molecule has 2 heterocycles. The Morgan fingerprint density at radius 3 is 3.00 bits per heavy atom. The zero-order valence-corrected chi connectivity index (χ0v) is 10.1. The van der Waals surface area contributed by atoms with Crippen LogP contribution >= 0.6 is 0 Å². The molecule has 1 aromatic heterocycles. The van der Waals surface area contributed by atoms with Crippen LogP contribution < -0.4 is 10.2 Å². The van der Waals surface area contributed by atoms with E-state index >= 15 is 0 Å². The Bertz CT molecular complexity index is 542. The molecule has 88 valence electrons. The van der Waals surface area contributed by atoms with Gasteiger partial charge in [-0.2, -0.15) is 5.10 Å². The van der Waals surface area contributed by atoms with Crippen LogP contribution in [0.5, 0.6) is 0 Å². The van der Waals surface area contributed by atoms with Crippen LogP contribution in [0.15, 0.2) is 24.3 Å². The van der Waals surface area contributed by atoms with Crippen molar-refractivity contribution >= 4 is 11.5 Å². The summed E-state index contributed by atoms with van der Waals surface area (Å²) >= 11 is 0. The fraction of sp³-hybridized carbons (Fsp3) is 0.308. The van der Waals surface area contributed by atoms with Crippen LogP contribution in [0.3, 0.4) is 0 Å². The fourth-order valence-electron chi connectivity index (χ4n) is 2.24. The van der Waals surface area contributed by atoms with Gasteiger partial charge in [-0.05, 0) is 18.6 Å². The van der Waals surface area contributed by atoms with E-state index in [0.29, 0.717) is 0 Å². The number of benzene rings is 1. The molecule has 0 fully saturated rings. The molecule has 4 heteroatoms. The van der Waals surface area contributed by atoms with Crippen molar-refractivity contribution in [3.63, 3.8) is 0 Å². The topological polar surface area (TPSA) is 44.0 Å². The third-order valence-electron chi connectivity index (χ3n) is 3.19. The van der Waals surface area contributed by atoms with Crippen molar-refractivity contribution in [2.24, 2.45) is 0 Å². The lowest BCUT2D eigenvalue weighted by atomic mass is 10.1. The van der Waals surface area contributed by atoms with Gasteiger partial charge in [0.05, 0.1) is 5.69 Å². The lowest BCUT2D eigenvalue weighted by Gasteiger charge is -2.13.